The Morgan fingerprint density at radius 1 is 1.50 bits per heavy atom. The van der Waals surface area contributed by atoms with Crippen LogP contribution < -0.4 is 0 Å². The number of rotatable bonds is 4. The lowest BCUT2D eigenvalue weighted by Gasteiger charge is -2.03. The van der Waals surface area contributed by atoms with Crippen molar-refractivity contribution in [3.8, 4) is 0 Å². The van der Waals surface area contributed by atoms with Gasteiger partial charge >= 0.3 is 5.97 Å². The number of carbonyl (C=O) groups excluding carboxylic acids is 1. The fourth-order valence-corrected chi connectivity index (χ4v) is 2.16. The van der Waals surface area contributed by atoms with E-state index in [1.54, 1.807) is 6.92 Å². The van der Waals surface area contributed by atoms with Gasteiger partial charge in [-0.3, -0.25) is 5.10 Å². The molecule has 1 N–H and O–H groups in total. The molecule has 1 fully saturated rings. The first kappa shape index (κ1) is 11.1. The quantitative estimate of drug-likeness (QED) is 0.789. The number of esters is 1. The summed E-state index contributed by atoms with van der Waals surface area (Å²) in [4.78, 5) is 15.5. The Morgan fingerprint density at radius 2 is 2.25 bits per heavy atom. The van der Waals surface area contributed by atoms with Crippen molar-refractivity contribution in [1.29, 1.82) is 0 Å². The minimum absolute atomic E-state index is 0.148. The van der Waals surface area contributed by atoms with Crippen molar-refractivity contribution >= 4 is 5.97 Å². The summed E-state index contributed by atoms with van der Waals surface area (Å²) in [7, 11) is 0. The minimum Gasteiger partial charge on any atom is -0.460 e. The van der Waals surface area contributed by atoms with E-state index >= 15 is 0 Å². The molecule has 1 saturated carbocycles. The molecule has 0 saturated heterocycles. The van der Waals surface area contributed by atoms with E-state index in [-0.39, 0.29) is 5.82 Å². The van der Waals surface area contributed by atoms with E-state index in [9.17, 15) is 4.79 Å². The van der Waals surface area contributed by atoms with Crippen LogP contribution >= 0.6 is 0 Å². The second kappa shape index (κ2) is 5.09. The molecule has 1 aliphatic rings. The number of H-pyrrole nitrogens is 1. The molecule has 0 spiro atoms. The van der Waals surface area contributed by atoms with Gasteiger partial charge in [0.05, 0.1) is 6.61 Å². The maximum Gasteiger partial charge on any atom is 0.378 e. The molecule has 0 aromatic carbocycles. The van der Waals surface area contributed by atoms with Crippen LogP contribution in [0, 0.1) is 5.92 Å². The molecule has 1 heterocycles. The highest BCUT2D eigenvalue weighted by Crippen LogP contribution is 2.26. The minimum atomic E-state index is -0.448. The van der Waals surface area contributed by atoms with Crippen molar-refractivity contribution in [2.45, 2.75) is 39.0 Å². The van der Waals surface area contributed by atoms with E-state index in [1.165, 1.54) is 25.7 Å². The lowest BCUT2D eigenvalue weighted by atomic mass is 10.0. The van der Waals surface area contributed by atoms with Crippen molar-refractivity contribution in [2.75, 3.05) is 6.61 Å². The Balaban J connectivity index is 1.93. The van der Waals surface area contributed by atoms with Crippen LogP contribution in [0.15, 0.2) is 0 Å². The van der Waals surface area contributed by atoms with Crippen LogP contribution in [0.5, 0.6) is 0 Å². The zero-order valence-electron chi connectivity index (χ0n) is 9.53. The molecule has 88 valence electrons. The topological polar surface area (TPSA) is 67.9 Å². The average molecular weight is 223 g/mol. The number of nitrogens with zero attached hydrogens (tertiary/aromatic N) is 2. The van der Waals surface area contributed by atoms with Crippen molar-refractivity contribution < 1.29 is 9.53 Å². The van der Waals surface area contributed by atoms with Gasteiger partial charge < -0.3 is 4.74 Å². The molecule has 1 aromatic rings. The van der Waals surface area contributed by atoms with E-state index in [0.717, 1.165) is 12.2 Å². The van der Waals surface area contributed by atoms with Crippen LogP contribution in [0.1, 0.15) is 49.1 Å². The zero-order chi connectivity index (χ0) is 11.4. The Kier molecular flexibility index (Phi) is 3.54. The molecular formula is C11H17N3O2. The van der Waals surface area contributed by atoms with Crippen molar-refractivity contribution in [1.82, 2.24) is 15.2 Å². The van der Waals surface area contributed by atoms with Gasteiger partial charge in [0.15, 0.2) is 0 Å². The molecule has 0 atom stereocenters. The molecule has 1 aliphatic carbocycles. The molecule has 0 unspecified atom stereocenters. The van der Waals surface area contributed by atoms with E-state index in [0.29, 0.717) is 12.5 Å². The van der Waals surface area contributed by atoms with Crippen LogP contribution in [0.3, 0.4) is 0 Å². The van der Waals surface area contributed by atoms with Crippen LogP contribution in [0.2, 0.25) is 0 Å². The van der Waals surface area contributed by atoms with Gasteiger partial charge in [-0.2, -0.15) is 0 Å². The zero-order valence-corrected chi connectivity index (χ0v) is 9.53. The van der Waals surface area contributed by atoms with E-state index in [2.05, 4.69) is 15.2 Å². The molecule has 5 nitrogen and oxygen atoms in total. The van der Waals surface area contributed by atoms with Gasteiger partial charge in [0, 0.05) is 6.42 Å². The fraction of sp³-hybridized carbons (Fsp3) is 0.727. The third kappa shape index (κ3) is 2.59. The second-order valence-corrected chi connectivity index (χ2v) is 4.18. The lowest BCUT2D eigenvalue weighted by Crippen LogP contribution is -2.07. The lowest BCUT2D eigenvalue weighted by molar-refractivity contribution is 0.0512. The van der Waals surface area contributed by atoms with Gasteiger partial charge in [0.1, 0.15) is 5.82 Å². The second-order valence-electron chi connectivity index (χ2n) is 4.18. The van der Waals surface area contributed by atoms with Crippen molar-refractivity contribution in [3.63, 3.8) is 0 Å². The smallest absolute Gasteiger partial charge is 0.378 e. The van der Waals surface area contributed by atoms with E-state index < -0.39 is 5.97 Å². The van der Waals surface area contributed by atoms with Gasteiger partial charge in [0.2, 0.25) is 0 Å². The molecule has 5 heteroatoms. The van der Waals surface area contributed by atoms with Crippen molar-refractivity contribution in [3.05, 3.63) is 11.6 Å². The maximum absolute atomic E-state index is 11.3. The van der Waals surface area contributed by atoms with Gasteiger partial charge in [-0.15, -0.1) is 5.10 Å². The monoisotopic (exact) mass is 223 g/mol. The number of aromatic amines is 1. The number of carbonyl (C=O) groups is 1. The first-order chi connectivity index (χ1) is 7.79. The number of nitrogens with one attached hydrogen (secondary N) is 1. The van der Waals surface area contributed by atoms with Crippen LogP contribution in [-0.2, 0) is 11.2 Å². The summed E-state index contributed by atoms with van der Waals surface area (Å²) in [5, 5.41) is 6.68. The Morgan fingerprint density at radius 3 is 2.94 bits per heavy atom. The Hall–Kier alpha value is -1.39. The first-order valence-electron chi connectivity index (χ1n) is 5.88. The summed E-state index contributed by atoms with van der Waals surface area (Å²) < 4.78 is 4.83. The van der Waals surface area contributed by atoms with Gasteiger partial charge in [-0.1, -0.05) is 25.7 Å². The van der Waals surface area contributed by atoms with Crippen LogP contribution in [-0.4, -0.2) is 27.8 Å². The van der Waals surface area contributed by atoms with Gasteiger partial charge in [0.25, 0.3) is 5.82 Å². The summed E-state index contributed by atoms with van der Waals surface area (Å²) in [6.45, 7) is 2.12. The molecule has 16 heavy (non-hydrogen) atoms. The summed E-state index contributed by atoms with van der Waals surface area (Å²) in [5.74, 6) is 1.20. The summed E-state index contributed by atoms with van der Waals surface area (Å²) in [6.07, 6.45) is 6.03. The van der Waals surface area contributed by atoms with Crippen LogP contribution in [0.25, 0.3) is 0 Å². The largest absolute Gasteiger partial charge is 0.460 e. The van der Waals surface area contributed by atoms with E-state index in [4.69, 9.17) is 4.74 Å². The third-order valence-corrected chi connectivity index (χ3v) is 2.95. The standard InChI is InChI=1S/C11H17N3O2/c1-2-16-11(15)10-12-9(13-14-10)7-8-5-3-4-6-8/h8H,2-7H2,1H3,(H,12,13,14). The summed E-state index contributed by atoms with van der Waals surface area (Å²) >= 11 is 0. The normalized spacial score (nSPS) is 16.6. The molecule has 0 radical (unpaired) electrons. The van der Waals surface area contributed by atoms with Crippen molar-refractivity contribution in [2.24, 2.45) is 5.92 Å². The van der Waals surface area contributed by atoms with Gasteiger partial charge in [-0.25, -0.2) is 9.78 Å². The highest BCUT2D eigenvalue weighted by atomic mass is 16.5. The number of hydrogen-bond donors (Lipinski definition) is 1. The highest BCUT2D eigenvalue weighted by Gasteiger charge is 2.19. The maximum atomic E-state index is 11.3. The molecule has 0 aliphatic heterocycles. The third-order valence-electron chi connectivity index (χ3n) is 2.95. The first-order valence-corrected chi connectivity index (χ1v) is 5.88. The molecule has 0 amide bonds. The predicted molar refractivity (Wildman–Crippen MR) is 58.0 cm³/mol. The molecule has 1 aromatic heterocycles. The highest BCUT2D eigenvalue weighted by molar-refractivity contribution is 5.84. The fourth-order valence-electron chi connectivity index (χ4n) is 2.16. The SMILES string of the molecule is CCOC(=O)c1n[nH]c(CC2CCCC2)n1. The Bertz CT molecular complexity index is 356. The molecular weight excluding hydrogens is 206 g/mol. The number of ether oxygens (including phenoxy) is 1. The molecule has 0 bridgehead atoms. The summed E-state index contributed by atoms with van der Waals surface area (Å²) in [5.41, 5.74) is 0. The Labute approximate surface area is 94.6 Å². The van der Waals surface area contributed by atoms with Gasteiger partial charge in [-0.05, 0) is 12.8 Å². The number of hydrogen-bond acceptors (Lipinski definition) is 4. The average Bonchev–Trinajstić information content (AvgIpc) is 2.90. The van der Waals surface area contributed by atoms with Crippen LogP contribution in [0.4, 0.5) is 0 Å². The molecule has 2 rings (SSSR count). The number of aromatic nitrogens is 3. The predicted octanol–water partition coefficient (Wildman–Crippen LogP) is 1.71. The summed E-state index contributed by atoms with van der Waals surface area (Å²) in [6, 6.07) is 0. The van der Waals surface area contributed by atoms with E-state index in [1.807, 2.05) is 0 Å².